The minimum absolute atomic E-state index is 0.355. The van der Waals surface area contributed by atoms with E-state index in [1.165, 1.54) is 24.6 Å². The molecule has 3 nitrogen and oxygen atoms in total. The smallest absolute Gasteiger partial charge is 0.297 e. The molecule has 1 aliphatic rings. The summed E-state index contributed by atoms with van der Waals surface area (Å²) < 4.78 is 26.5. The normalized spacial score (nSPS) is 17.3. The second-order valence-electron chi connectivity index (χ2n) is 5.91. The number of benzene rings is 1. The fourth-order valence-corrected chi connectivity index (χ4v) is 3.21. The molecule has 0 unspecified atom stereocenters. The van der Waals surface area contributed by atoms with Gasteiger partial charge in [0, 0.05) is 17.3 Å². The lowest BCUT2D eigenvalue weighted by Crippen LogP contribution is -2.23. The minimum atomic E-state index is -2.60. The number of nitrogens with zero attached hydrogens (tertiary/aromatic N) is 3. The third-order valence-corrected chi connectivity index (χ3v) is 4.60. The summed E-state index contributed by atoms with van der Waals surface area (Å²) >= 11 is 0. The molecule has 5 heteroatoms. The highest BCUT2D eigenvalue weighted by atomic mass is 19.3. The predicted molar refractivity (Wildman–Crippen MR) is 82.9 cm³/mol. The molecule has 0 amide bonds. The van der Waals surface area contributed by atoms with Crippen LogP contribution in [0.25, 0.3) is 11.1 Å². The van der Waals surface area contributed by atoms with Crippen LogP contribution in [-0.4, -0.2) is 27.8 Å². The maximum absolute atomic E-state index is 12.9. The topological polar surface area (TPSA) is 21.1 Å². The Bertz CT molecular complexity index is 645. The van der Waals surface area contributed by atoms with Gasteiger partial charge in [0.15, 0.2) is 0 Å². The first-order valence-electron chi connectivity index (χ1n) is 7.74. The van der Waals surface area contributed by atoms with Crippen LogP contribution in [-0.2, 0) is 0 Å². The molecule has 0 aliphatic carbocycles. The molecular weight excluding hydrogens is 284 g/mol. The summed E-state index contributed by atoms with van der Waals surface area (Å²) in [6.07, 6.45) is 4.04. The first-order valence-corrected chi connectivity index (χ1v) is 7.74. The molecule has 0 bridgehead atoms. The van der Waals surface area contributed by atoms with Crippen LogP contribution in [0.15, 0.2) is 30.5 Å². The van der Waals surface area contributed by atoms with Crippen LogP contribution < -0.4 is 0 Å². The van der Waals surface area contributed by atoms with Gasteiger partial charge in [-0.25, -0.2) is 4.68 Å². The van der Waals surface area contributed by atoms with Gasteiger partial charge in [-0.3, -0.25) is 4.90 Å². The standard InChI is InChI=1S/C17H21F2N3/c1-12(21-8-3-4-9-21)14-6-5-7-15(10-14)16-11-20-22(13(16)2)17(18)19/h5-7,10-12,17H,3-4,8-9H2,1-2H3/t12-/m0/s1. The Morgan fingerprint density at radius 3 is 2.55 bits per heavy atom. The first-order chi connectivity index (χ1) is 10.6. The highest BCUT2D eigenvalue weighted by Gasteiger charge is 2.20. The second kappa shape index (κ2) is 6.16. The van der Waals surface area contributed by atoms with Gasteiger partial charge < -0.3 is 0 Å². The van der Waals surface area contributed by atoms with Crippen molar-refractivity contribution in [2.24, 2.45) is 0 Å². The average molecular weight is 305 g/mol. The van der Waals surface area contributed by atoms with Crippen LogP contribution in [0.4, 0.5) is 8.78 Å². The van der Waals surface area contributed by atoms with E-state index in [4.69, 9.17) is 0 Å². The van der Waals surface area contributed by atoms with Crippen molar-refractivity contribution in [3.8, 4) is 11.1 Å². The van der Waals surface area contributed by atoms with Crippen molar-refractivity contribution >= 4 is 0 Å². The van der Waals surface area contributed by atoms with Crippen LogP contribution in [0.2, 0.25) is 0 Å². The van der Waals surface area contributed by atoms with E-state index in [0.29, 0.717) is 11.7 Å². The summed E-state index contributed by atoms with van der Waals surface area (Å²) in [5.74, 6) is 0. The predicted octanol–water partition coefficient (Wildman–Crippen LogP) is 4.41. The lowest BCUT2D eigenvalue weighted by atomic mass is 10.00. The molecule has 118 valence electrons. The van der Waals surface area contributed by atoms with Crippen molar-refractivity contribution in [2.75, 3.05) is 13.1 Å². The van der Waals surface area contributed by atoms with E-state index in [0.717, 1.165) is 28.9 Å². The molecule has 2 heterocycles. The van der Waals surface area contributed by atoms with Crippen molar-refractivity contribution < 1.29 is 8.78 Å². The quantitative estimate of drug-likeness (QED) is 0.834. The van der Waals surface area contributed by atoms with E-state index in [2.05, 4.69) is 29.1 Å². The van der Waals surface area contributed by atoms with Gasteiger partial charge in [-0.05, 0) is 57.0 Å². The molecular formula is C17H21F2N3. The molecule has 0 radical (unpaired) electrons. The van der Waals surface area contributed by atoms with Crippen molar-refractivity contribution in [2.45, 2.75) is 39.3 Å². The summed E-state index contributed by atoms with van der Waals surface area (Å²) in [6.45, 7) is 3.56. The van der Waals surface area contributed by atoms with E-state index in [1.807, 2.05) is 12.1 Å². The third kappa shape index (κ3) is 2.77. The van der Waals surface area contributed by atoms with E-state index < -0.39 is 6.55 Å². The summed E-state index contributed by atoms with van der Waals surface area (Å²) in [7, 11) is 0. The van der Waals surface area contributed by atoms with E-state index in [1.54, 1.807) is 6.92 Å². The summed E-state index contributed by atoms with van der Waals surface area (Å²) in [5, 5.41) is 3.80. The van der Waals surface area contributed by atoms with Gasteiger partial charge in [-0.15, -0.1) is 0 Å². The molecule has 1 atom stereocenters. The van der Waals surface area contributed by atoms with Gasteiger partial charge in [0.05, 0.1) is 6.20 Å². The van der Waals surface area contributed by atoms with Crippen molar-refractivity contribution in [3.05, 3.63) is 41.7 Å². The Hall–Kier alpha value is -1.75. The number of hydrogen-bond donors (Lipinski definition) is 0. The van der Waals surface area contributed by atoms with E-state index >= 15 is 0 Å². The van der Waals surface area contributed by atoms with Gasteiger partial charge in [0.25, 0.3) is 0 Å². The highest BCUT2D eigenvalue weighted by Crippen LogP contribution is 2.30. The molecule has 22 heavy (non-hydrogen) atoms. The second-order valence-corrected chi connectivity index (χ2v) is 5.91. The zero-order chi connectivity index (χ0) is 15.7. The molecule has 1 fully saturated rings. The molecule has 1 aromatic heterocycles. The first kappa shape index (κ1) is 15.2. The Kier molecular flexibility index (Phi) is 4.25. The van der Waals surface area contributed by atoms with Gasteiger partial charge in [-0.2, -0.15) is 13.9 Å². The molecule has 0 saturated carbocycles. The molecule has 1 aliphatic heterocycles. The number of alkyl halides is 2. The Morgan fingerprint density at radius 2 is 1.91 bits per heavy atom. The van der Waals surface area contributed by atoms with Gasteiger partial charge >= 0.3 is 6.55 Å². The molecule has 1 saturated heterocycles. The maximum Gasteiger partial charge on any atom is 0.333 e. The minimum Gasteiger partial charge on any atom is -0.297 e. The van der Waals surface area contributed by atoms with Crippen molar-refractivity contribution in [1.29, 1.82) is 0 Å². The van der Waals surface area contributed by atoms with Crippen LogP contribution in [0, 0.1) is 6.92 Å². The van der Waals surface area contributed by atoms with Crippen molar-refractivity contribution in [3.63, 3.8) is 0 Å². The molecule has 3 rings (SSSR count). The summed E-state index contributed by atoms with van der Waals surface area (Å²) in [4.78, 5) is 2.47. The van der Waals surface area contributed by atoms with Gasteiger partial charge in [-0.1, -0.05) is 18.2 Å². The number of hydrogen-bond acceptors (Lipinski definition) is 2. The van der Waals surface area contributed by atoms with Crippen molar-refractivity contribution in [1.82, 2.24) is 14.7 Å². The lowest BCUT2D eigenvalue weighted by Gasteiger charge is -2.24. The highest BCUT2D eigenvalue weighted by molar-refractivity contribution is 5.66. The molecule has 0 N–H and O–H groups in total. The monoisotopic (exact) mass is 305 g/mol. The average Bonchev–Trinajstić information content (AvgIpc) is 3.16. The van der Waals surface area contributed by atoms with Crippen LogP contribution in [0.3, 0.4) is 0 Å². The molecule has 1 aromatic carbocycles. The van der Waals surface area contributed by atoms with Crippen LogP contribution in [0.1, 0.15) is 43.6 Å². The largest absolute Gasteiger partial charge is 0.333 e. The zero-order valence-corrected chi connectivity index (χ0v) is 13.0. The van der Waals surface area contributed by atoms with Gasteiger partial charge in [0.1, 0.15) is 0 Å². The summed E-state index contributed by atoms with van der Waals surface area (Å²) in [5.41, 5.74) is 3.45. The maximum atomic E-state index is 12.9. The Balaban J connectivity index is 1.91. The van der Waals surface area contributed by atoms with E-state index in [-0.39, 0.29) is 0 Å². The Morgan fingerprint density at radius 1 is 1.18 bits per heavy atom. The third-order valence-electron chi connectivity index (χ3n) is 4.60. The number of aromatic nitrogens is 2. The van der Waals surface area contributed by atoms with E-state index in [9.17, 15) is 8.78 Å². The fourth-order valence-electron chi connectivity index (χ4n) is 3.21. The SMILES string of the molecule is Cc1c(-c2cccc([C@H](C)N3CCCC3)c2)cnn1C(F)F. The van der Waals surface area contributed by atoms with Crippen LogP contribution >= 0.6 is 0 Å². The van der Waals surface area contributed by atoms with Crippen LogP contribution in [0.5, 0.6) is 0 Å². The lowest BCUT2D eigenvalue weighted by molar-refractivity contribution is 0.0545. The zero-order valence-electron chi connectivity index (χ0n) is 13.0. The van der Waals surface area contributed by atoms with Gasteiger partial charge in [0.2, 0.25) is 0 Å². The number of halogens is 2. The molecule has 0 spiro atoms. The Labute approximate surface area is 129 Å². The molecule has 2 aromatic rings. The number of likely N-dealkylation sites (tertiary alicyclic amines) is 1. The summed E-state index contributed by atoms with van der Waals surface area (Å²) in [6, 6.07) is 8.52. The fraction of sp³-hybridized carbons (Fsp3) is 0.471. The number of rotatable bonds is 4.